The average Bonchev–Trinajstić information content (AvgIpc) is 3.02. The molecule has 0 bridgehead atoms. The topological polar surface area (TPSA) is 29.4 Å². The number of dihydropyridines is 1. The van der Waals surface area contributed by atoms with Gasteiger partial charge in [-0.05, 0) is 50.3 Å². The van der Waals surface area contributed by atoms with E-state index in [0.29, 0.717) is 4.48 Å². The van der Waals surface area contributed by atoms with Gasteiger partial charge in [0.05, 0.1) is 11.6 Å². The molecule has 0 aromatic carbocycles. The van der Waals surface area contributed by atoms with Gasteiger partial charge in [0.1, 0.15) is 29.8 Å². The zero-order valence-electron chi connectivity index (χ0n) is 15.6. The number of rotatable bonds is 1. The Morgan fingerprint density at radius 1 is 1.27 bits per heavy atom. The lowest BCUT2D eigenvalue weighted by Crippen LogP contribution is -2.40. The summed E-state index contributed by atoms with van der Waals surface area (Å²) in [5.74, 6) is 0.346. The van der Waals surface area contributed by atoms with Crippen molar-refractivity contribution >= 4 is 12.1 Å². The Labute approximate surface area is 153 Å². The summed E-state index contributed by atoms with van der Waals surface area (Å²) in [6.45, 7) is 6.74. The molecule has 4 unspecified atom stereocenters. The van der Waals surface area contributed by atoms with Crippen LogP contribution in [-0.2, 0) is 4.79 Å². The Morgan fingerprint density at radius 3 is 2.85 bits per heavy atom. The first kappa shape index (κ1) is 16.1. The average molecular weight is 351 g/mol. The first-order valence-corrected chi connectivity index (χ1v) is 9.57. The highest BCUT2D eigenvalue weighted by Gasteiger charge is 2.58. The van der Waals surface area contributed by atoms with Gasteiger partial charge in [0, 0.05) is 24.5 Å². The summed E-state index contributed by atoms with van der Waals surface area (Å²) in [6.07, 6.45) is 10.2. The predicted octanol–water partition coefficient (Wildman–Crippen LogP) is 4.51. The maximum Gasteiger partial charge on any atom is 0.311 e. The molecule has 3 heterocycles. The highest BCUT2D eigenvalue weighted by Crippen LogP contribution is 2.52. The number of nitrogens with zero attached hydrogens (tertiary/aromatic N) is 2. The Hall–Kier alpha value is -2.07. The third-order valence-electron chi connectivity index (χ3n) is 7.11. The van der Waals surface area contributed by atoms with E-state index in [1.165, 1.54) is 11.1 Å². The summed E-state index contributed by atoms with van der Waals surface area (Å²) >= 11 is 0. The number of fused-ring (bicyclic) bond motifs is 4. The minimum atomic E-state index is -0.177. The summed E-state index contributed by atoms with van der Waals surface area (Å²) in [5.41, 5.74) is 7.54. The van der Waals surface area contributed by atoms with E-state index in [0.717, 1.165) is 60.5 Å². The molecule has 134 valence electrons. The molecule has 1 fully saturated rings. The van der Waals surface area contributed by atoms with Gasteiger partial charge in [-0.2, -0.15) is 0 Å². The van der Waals surface area contributed by atoms with E-state index < -0.39 is 0 Å². The van der Waals surface area contributed by atoms with Crippen molar-refractivity contribution in [1.29, 1.82) is 0 Å². The molecular formula is C22H24FN2O+. The molecule has 0 aromatic rings. The lowest BCUT2D eigenvalue weighted by atomic mass is 9.73. The van der Waals surface area contributed by atoms with E-state index in [4.69, 9.17) is 4.99 Å². The smallest absolute Gasteiger partial charge is 0.270 e. The van der Waals surface area contributed by atoms with Crippen LogP contribution in [0.3, 0.4) is 0 Å². The Morgan fingerprint density at radius 2 is 2.08 bits per heavy atom. The first-order chi connectivity index (χ1) is 12.5. The van der Waals surface area contributed by atoms with Crippen molar-refractivity contribution in [1.82, 2.24) is 0 Å². The molecular weight excluding hydrogens is 327 g/mol. The normalized spacial score (nSPS) is 37.9. The van der Waals surface area contributed by atoms with E-state index in [2.05, 4.69) is 26.0 Å². The molecule has 0 radical (unpaired) electrons. The van der Waals surface area contributed by atoms with Crippen LogP contribution in [0.25, 0.3) is 0 Å². The number of carbonyl (C=O) groups excluding carboxylic acids is 1. The van der Waals surface area contributed by atoms with E-state index in [9.17, 15) is 9.18 Å². The van der Waals surface area contributed by atoms with Crippen molar-refractivity contribution in [3.8, 4) is 0 Å². The van der Waals surface area contributed by atoms with Crippen molar-refractivity contribution < 1.29 is 13.7 Å². The number of amides is 1. The zero-order valence-corrected chi connectivity index (χ0v) is 15.6. The van der Waals surface area contributed by atoms with Gasteiger partial charge < -0.3 is 0 Å². The molecule has 4 heteroatoms. The number of aliphatic imine (C=N–C) groups is 1. The minimum Gasteiger partial charge on any atom is -0.270 e. The second-order valence-corrected chi connectivity index (χ2v) is 8.34. The molecule has 2 aliphatic carbocycles. The van der Waals surface area contributed by atoms with E-state index in [-0.39, 0.29) is 23.7 Å². The van der Waals surface area contributed by atoms with Crippen LogP contribution in [0.2, 0.25) is 0 Å². The SMILES string of the molecule is CC1=CC2CCCC3=C2C(=NC2C4=CC(C)=C(C)[N+]4(C=O)CC32)C=C1F. The lowest BCUT2D eigenvalue weighted by Gasteiger charge is -2.33. The molecule has 5 aliphatic rings. The van der Waals surface area contributed by atoms with Crippen molar-refractivity contribution in [3.05, 3.63) is 57.7 Å². The van der Waals surface area contributed by atoms with Gasteiger partial charge in [0.2, 0.25) is 0 Å². The Bertz CT molecular complexity index is 930. The molecule has 0 spiro atoms. The fourth-order valence-corrected chi connectivity index (χ4v) is 5.66. The molecule has 0 saturated carbocycles. The van der Waals surface area contributed by atoms with Gasteiger partial charge in [-0.1, -0.05) is 11.6 Å². The molecule has 1 saturated heterocycles. The van der Waals surface area contributed by atoms with Gasteiger partial charge in [-0.15, -0.1) is 0 Å². The standard InChI is InChI=1S/C22H24FN2O/c1-12-8-20-22-17(10-25(20,11-26)14(12)3)16-6-4-5-15-7-13(2)18(23)9-19(24-22)21(15)16/h7-9,11,15,17,22H,4-6,10H2,1-3H3/q+1. The number of quaternary nitrogens is 1. The molecule has 0 aromatic heterocycles. The predicted molar refractivity (Wildman–Crippen MR) is 99.7 cm³/mol. The second-order valence-electron chi connectivity index (χ2n) is 8.34. The van der Waals surface area contributed by atoms with Crippen LogP contribution < -0.4 is 0 Å². The van der Waals surface area contributed by atoms with Crippen molar-refractivity contribution in [2.45, 2.75) is 46.1 Å². The number of carbonyl (C=O) groups is 1. The Kier molecular flexibility index (Phi) is 3.24. The number of hydrogen-bond donors (Lipinski definition) is 0. The van der Waals surface area contributed by atoms with E-state index in [1.54, 1.807) is 6.08 Å². The van der Waals surface area contributed by atoms with Crippen molar-refractivity contribution in [3.63, 3.8) is 0 Å². The highest BCUT2D eigenvalue weighted by molar-refractivity contribution is 6.11. The van der Waals surface area contributed by atoms with Gasteiger partial charge in [-0.3, -0.25) is 4.99 Å². The van der Waals surface area contributed by atoms with Crippen LogP contribution in [0.15, 0.2) is 62.7 Å². The maximum atomic E-state index is 14.5. The number of allylic oxidation sites excluding steroid dienone is 8. The summed E-state index contributed by atoms with van der Waals surface area (Å²) in [4.78, 5) is 17.2. The summed E-state index contributed by atoms with van der Waals surface area (Å²) < 4.78 is 14.9. The van der Waals surface area contributed by atoms with Crippen LogP contribution in [-0.4, -0.2) is 29.2 Å². The molecule has 4 atom stereocenters. The van der Waals surface area contributed by atoms with Crippen molar-refractivity contribution in [2.75, 3.05) is 6.54 Å². The zero-order chi connectivity index (χ0) is 18.2. The number of halogens is 1. The monoisotopic (exact) mass is 351 g/mol. The first-order valence-electron chi connectivity index (χ1n) is 9.57. The van der Waals surface area contributed by atoms with Crippen molar-refractivity contribution in [2.24, 2.45) is 16.8 Å². The molecule has 3 aliphatic heterocycles. The van der Waals surface area contributed by atoms with Gasteiger partial charge >= 0.3 is 6.41 Å². The second kappa shape index (κ2) is 5.23. The van der Waals surface area contributed by atoms with Gasteiger partial charge in [-0.25, -0.2) is 13.7 Å². The van der Waals surface area contributed by atoms with Crippen LogP contribution >= 0.6 is 0 Å². The van der Waals surface area contributed by atoms with Gasteiger partial charge in [0.25, 0.3) is 0 Å². The molecule has 1 amide bonds. The lowest BCUT2D eigenvalue weighted by molar-refractivity contribution is -0.756. The Balaban J connectivity index is 1.71. The third-order valence-corrected chi connectivity index (χ3v) is 7.11. The summed E-state index contributed by atoms with van der Waals surface area (Å²) in [6, 6.07) is -0.0393. The van der Waals surface area contributed by atoms with E-state index in [1.807, 2.05) is 6.92 Å². The molecule has 26 heavy (non-hydrogen) atoms. The molecule has 3 nitrogen and oxygen atoms in total. The largest absolute Gasteiger partial charge is 0.311 e. The third kappa shape index (κ3) is 1.86. The summed E-state index contributed by atoms with van der Waals surface area (Å²) in [5, 5.41) is 0. The minimum absolute atomic E-state index is 0.0393. The number of hydrogen-bond acceptors (Lipinski definition) is 2. The quantitative estimate of drug-likeness (QED) is 0.505. The van der Waals surface area contributed by atoms with Gasteiger partial charge in [0.15, 0.2) is 0 Å². The summed E-state index contributed by atoms with van der Waals surface area (Å²) in [7, 11) is 0. The van der Waals surface area contributed by atoms with Crippen LogP contribution in [0.4, 0.5) is 4.39 Å². The highest BCUT2D eigenvalue weighted by atomic mass is 19.1. The molecule has 5 rings (SSSR count). The van der Waals surface area contributed by atoms with Crippen LogP contribution in [0, 0.1) is 11.8 Å². The van der Waals surface area contributed by atoms with E-state index >= 15 is 0 Å². The van der Waals surface area contributed by atoms with Crippen LogP contribution in [0.1, 0.15) is 40.0 Å². The van der Waals surface area contributed by atoms with Crippen LogP contribution in [0.5, 0.6) is 0 Å². The molecule has 0 N–H and O–H groups in total. The fraction of sp³-hybridized carbons (Fsp3) is 0.455. The fourth-order valence-electron chi connectivity index (χ4n) is 5.66. The maximum absolute atomic E-state index is 14.5.